The SMILES string of the molecule is Cc1c(I)cc(C(=O)CBr)cc1[N+](=O)[O-]. The molecule has 0 aliphatic rings. The fourth-order valence-electron chi connectivity index (χ4n) is 1.09. The molecule has 0 unspecified atom stereocenters. The van der Waals surface area contributed by atoms with E-state index >= 15 is 0 Å². The number of nitrogens with zero attached hydrogens (tertiary/aromatic N) is 1. The van der Waals surface area contributed by atoms with Crippen LogP contribution in [0.15, 0.2) is 12.1 Å². The Hall–Kier alpha value is -0.500. The molecule has 0 bridgehead atoms. The lowest BCUT2D eigenvalue weighted by Crippen LogP contribution is -2.03. The first-order valence-corrected chi connectivity index (χ1v) is 6.21. The molecule has 0 atom stereocenters. The molecule has 1 aromatic carbocycles. The lowest BCUT2D eigenvalue weighted by molar-refractivity contribution is -0.385. The molecule has 0 heterocycles. The van der Waals surface area contributed by atoms with E-state index in [-0.39, 0.29) is 16.8 Å². The van der Waals surface area contributed by atoms with Gasteiger partial charge in [0, 0.05) is 20.8 Å². The molecule has 0 saturated carbocycles. The van der Waals surface area contributed by atoms with Crippen LogP contribution in [-0.2, 0) is 0 Å². The third kappa shape index (κ3) is 2.75. The summed E-state index contributed by atoms with van der Waals surface area (Å²) in [6.45, 7) is 1.67. The van der Waals surface area contributed by atoms with Gasteiger partial charge < -0.3 is 0 Å². The second-order valence-corrected chi connectivity index (χ2v) is 4.64. The number of benzene rings is 1. The van der Waals surface area contributed by atoms with E-state index < -0.39 is 4.92 Å². The third-order valence-electron chi connectivity index (χ3n) is 1.96. The zero-order valence-electron chi connectivity index (χ0n) is 7.79. The molecule has 80 valence electrons. The summed E-state index contributed by atoms with van der Waals surface area (Å²) in [5.41, 5.74) is 0.950. The maximum absolute atomic E-state index is 11.4. The predicted molar refractivity (Wildman–Crippen MR) is 68.7 cm³/mol. The smallest absolute Gasteiger partial charge is 0.274 e. The van der Waals surface area contributed by atoms with Crippen molar-refractivity contribution < 1.29 is 9.72 Å². The number of Topliss-reactive ketones (excluding diaryl/α,β-unsaturated/α-hetero) is 1. The van der Waals surface area contributed by atoms with Crippen molar-refractivity contribution in [2.24, 2.45) is 0 Å². The normalized spacial score (nSPS) is 10.1. The van der Waals surface area contributed by atoms with Crippen LogP contribution in [0.3, 0.4) is 0 Å². The largest absolute Gasteiger partial charge is 0.293 e. The fourth-order valence-corrected chi connectivity index (χ4v) is 2.03. The quantitative estimate of drug-likeness (QED) is 0.265. The molecule has 6 heteroatoms. The molecular formula is C9H7BrINO3. The summed E-state index contributed by atoms with van der Waals surface area (Å²) in [5.74, 6) is -0.156. The monoisotopic (exact) mass is 383 g/mol. The van der Waals surface area contributed by atoms with Gasteiger partial charge >= 0.3 is 0 Å². The van der Waals surface area contributed by atoms with Crippen LogP contribution in [0.1, 0.15) is 15.9 Å². The van der Waals surface area contributed by atoms with Crippen LogP contribution in [0.25, 0.3) is 0 Å². The lowest BCUT2D eigenvalue weighted by atomic mass is 10.1. The van der Waals surface area contributed by atoms with Crippen LogP contribution >= 0.6 is 38.5 Å². The number of nitro benzene ring substituents is 1. The predicted octanol–water partition coefficient (Wildman–Crippen LogP) is 3.09. The maximum atomic E-state index is 11.4. The van der Waals surface area contributed by atoms with Gasteiger partial charge in [0.1, 0.15) is 0 Å². The Labute approximate surface area is 108 Å². The number of halogens is 2. The van der Waals surface area contributed by atoms with E-state index in [0.29, 0.717) is 11.1 Å². The second kappa shape index (κ2) is 5.02. The third-order valence-corrected chi connectivity index (χ3v) is 3.59. The molecule has 1 rings (SSSR count). The number of rotatable bonds is 3. The van der Waals surface area contributed by atoms with E-state index in [0.717, 1.165) is 3.57 Å². The Balaban J connectivity index is 3.35. The van der Waals surface area contributed by atoms with Crippen molar-refractivity contribution >= 4 is 50.0 Å². The van der Waals surface area contributed by atoms with Gasteiger partial charge in [-0.2, -0.15) is 0 Å². The molecule has 4 nitrogen and oxygen atoms in total. The van der Waals surface area contributed by atoms with Crippen LogP contribution < -0.4 is 0 Å². The molecule has 0 spiro atoms. The molecular weight excluding hydrogens is 377 g/mol. The van der Waals surface area contributed by atoms with Crippen molar-refractivity contribution in [2.45, 2.75) is 6.92 Å². The summed E-state index contributed by atoms with van der Waals surface area (Å²) in [4.78, 5) is 21.6. The molecule has 1 aromatic rings. The number of carbonyl (C=O) groups excluding carboxylic acids is 1. The van der Waals surface area contributed by atoms with Crippen molar-refractivity contribution in [2.75, 3.05) is 5.33 Å². The molecule has 0 aliphatic heterocycles. The van der Waals surface area contributed by atoms with E-state index in [2.05, 4.69) is 15.9 Å². The van der Waals surface area contributed by atoms with Crippen LogP contribution in [0.5, 0.6) is 0 Å². The standard InChI is InChI=1S/C9H7BrINO3/c1-5-7(11)2-6(9(13)4-10)3-8(5)12(14)15/h2-3H,4H2,1H3. The minimum absolute atomic E-state index is 0.00815. The Kier molecular flexibility index (Phi) is 4.21. The van der Waals surface area contributed by atoms with E-state index in [4.69, 9.17) is 0 Å². The van der Waals surface area contributed by atoms with Gasteiger partial charge in [0.2, 0.25) is 0 Å². The van der Waals surface area contributed by atoms with E-state index in [1.54, 1.807) is 13.0 Å². The van der Waals surface area contributed by atoms with Crippen molar-refractivity contribution in [1.29, 1.82) is 0 Å². The number of nitro groups is 1. The molecule has 15 heavy (non-hydrogen) atoms. The topological polar surface area (TPSA) is 60.2 Å². The molecule has 0 fully saturated rings. The lowest BCUT2D eigenvalue weighted by Gasteiger charge is -2.03. The van der Waals surface area contributed by atoms with Gasteiger partial charge in [-0.05, 0) is 35.6 Å². The van der Waals surface area contributed by atoms with Gasteiger partial charge in [-0.15, -0.1) is 0 Å². The zero-order valence-corrected chi connectivity index (χ0v) is 11.5. The van der Waals surface area contributed by atoms with Crippen LogP contribution in [0.2, 0.25) is 0 Å². The van der Waals surface area contributed by atoms with Crippen molar-refractivity contribution in [3.05, 3.63) is 36.9 Å². The first kappa shape index (κ1) is 12.6. The average Bonchev–Trinajstić information content (AvgIpc) is 2.20. The van der Waals surface area contributed by atoms with Crippen molar-refractivity contribution in [3.63, 3.8) is 0 Å². The molecule has 0 saturated heterocycles. The highest BCUT2D eigenvalue weighted by atomic mass is 127. The molecule has 0 N–H and O–H groups in total. The Morgan fingerprint density at radius 3 is 2.67 bits per heavy atom. The van der Waals surface area contributed by atoms with Crippen molar-refractivity contribution in [3.8, 4) is 0 Å². The van der Waals surface area contributed by atoms with Gasteiger partial charge in [0.15, 0.2) is 5.78 Å². The zero-order chi connectivity index (χ0) is 11.6. The summed E-state index contributed by atoms with van der Waals surface area (Å²) in [6.07, 6.45) is 0. The van der Waals surface area contributed by atoms with Gasteiger partial charge in [0.05, 0.1) is 10.3 Å². The second-order valence-electron chi connectivity index (χ2n) is 2.92. The van der Waals surface area contributed by atoms with Gasteiger partial charge in [0.25, 0.3) is 5.69 Å². The summed E-state index contributed by atoms with van der Waals surface area (Å²) < 4.78 is 0.728. The first-order chi connectivity index (χ1) is 6.97. The number of hydrogen-bond donors (Lipinski definition) is 0. The number of alkyl halides is 1. The first-order valence-electron chi connectivity index (χ1n) is 4.01. The van der Waals surface area contributed by atoms with Gasteiger partial charge in [-0.25, -0.2) is 0 Å². The Morgan fingerprint density at radius 1 is 1.60 bits per heavy atom. The van der Waals surface area contributed by atoms with E-state index in [9.17, 15) is 14.9 Å². The Bertz CT molecular complexity index is 434. The Morgan fingerprint density at radius 2 is 2.20 bits per heavy atom. The van der Waals surface area contributed by atoms with Crippen LogP contribution in [0.4, 0.5) is 5.69 Å². The highest BCUT2D eigenvalue weighted by Crippen LogP contribution is 2.25. The van der Waals surface area contributed by atoms with Crippen LogP contribution in [-0.4, -0.2) is 16.0 Å². The van der Waals surface area contributed by atoms with Crippen LogP contribution in [0, 0.1) is 20.6 Å². The van der Waals surface area contributed by atoms with Crippen molar-refractivity contribution in [1.82, 2.24) is 0 Å². The fraction of sp³-hybridized carbons (Fsp3) is 0.222. The summed E-state index contributed by atoms with van der Waals surface area (Å²) >= 11 is 5.02. The van der Waals surface area contributed by atoms with E-state index in [1.807, 2.05) is 22.6 Å². The minimum Gasteiger partial charge on any atom is -0.293 e. The summed E-state index contributed by atoms with van der Waals surface area (Å²) in [7, 11) is 0. The average molecular weight is 384 g/mol. The highest BCUT2D eigenvalue weighted by Gasteiger charge is 2.17. The molecule has 0 aromatic heterocycles. The molecule has 0 aliphatic carbocycles. The van der Waals surface area contributed by atoms with Gasteiger partial charge in [-0.3, -0.25) is 14.9 Å². The number of hydrogen-bond acceptors (Lipinski definition) is 3. The summed E-state index contributed by atoms with van der Waals surface area (Å²) in [5, 5.41) is 10.9. The number of ketones is 1. The summed E-state index contributed by atoms with van der Waals surface area (Å²) in [6, 6.07) is 2.98. The van der Waals surface area contributed by atoms with E-state index in [1.165, 1.54) is 6.07 Å². The molecule has 0 amide bonds. The number of carbonyl (C=O) groups is 1. The van der Waals surface area contributed by atoms with Gasteiger partial charge in [-0.1, -0.05) is 15.9 Å². The maximum Gasteiger partial charge on any atom is 0.274 e. The molecule has 0 radical (unpaired) electrons. The highest BCUT2D eigenvalue weighted by molar-refractivity contribution is 14.1. The minimum atomic E-state index is -0.470.